The molecule has 2 N–H and O–H groups in total. The number of aryl methyl sites for hydroxylation is 1. The number of halogens is 1. The highest BCUT2D eigenvalue weighted by Crippen LogP contribution is 2.31. The van der Waals surface area contributed by atoms with Crippen LogP contribution in [0.5, 0.6) is 0 Å². The number of nitrogens with zero attached hydrogens (tertiary/aromatic N) is 1. The van der Waals surface area contributed by atoms with E-state index >= 15 is 0 Å². The van der Waals surface area contributed by atoms with Crippen molar-refractivity contribution in [2.45, 2.75) is 45.6 Å². The summed E-state index contributed by atoms with van der Waals surface area (Å²) in [5.41, 5.74) is 8.67. The van der Waals surface area contributed by atoms with Crippen LogP contribution >= 0.6 is 0 Å². The predicted octanol–water partition coefficient (Wildman–Crippen LogP) is 3.78. The third-order valence-electron chi connectivity index (χ3n) is 4.22. The summed E-state index contributed by atoms with van der Waals surface area (Å²) >= 11 is 0. The fourth-order valence-corrected chi connectivity index (χ4v) is 3.06. The van der Waals surface area contributed by atoms with Gasteiger partial charge in [-0.25, -0.2) is 4.39 Å². The van der Waals surface area contributed by atoms with E-state index in [-0.39, 0.29) is 11.9 Å². The predicted molar refractivity (Wildman–Crippen MR) is 79.0 cm³/mol. The quantitative estimate of drug-likeness (QED) is 0.896. The Morgan fingerprint density at radius 1 is 1.37 bits per heavy atom. The van der Waals surface area contributed by atoms with E-state index in [1.165, 1.54) is 25.7 Å². The first-order chi connectivity index (χ1) is 8.99. The topological polar surface area (TPSA) is 29.3 Å². The van der Waals surface area contributed by atoms with E-state index in [0.29, 0.717) is 5.56 Å². The first-order valence-electron chi connectivity index (χ1n) is 7.25. The van der Waals surface area contributed by atoms with Crippen molar-refractivity contribution in [3.8, 4) is 0 Å². The van der Waals surface area contributed by atoms with E-state index < -0.39 is 0 Å². The van der Waals surface area contributed by atoms with Gasteiger partial charge in [-0.1, -0.05) is 12.8 Å². The average molecular weight is 264 g/mol. The third kappa shape index (κ3) is 3.27. The van der Waals surface area contributed by atoms with Crippen molar-refractivity contribution in [3.63, 3.8) is 0 Å². The van der Waals surface area contributed by atoms with Crippen molar-refractivity contribution in [2.75, 3.05) is 18.5 Å². The lowest BCUT2D eigenvalue weighted by Gasteiger charge is -2.27. The summed E-state index contributed by atoms with van der Waals surface area (Å²) in [6.07, 6.45) is 5.33. The zero-order chi connectivity index (χ0) is 14.0. The molecule has 3 heteroatoms. The van der Waals surface area contributed by atoms with Crippen molar-refractivity contribution >= 4 is 5.69 Å². The van der Waals surface area contributed by atoms with Gasteiger partial charge in [-0.15, -0.1) is 0 Å². The molecule has 0 aromatic heterocycles. The summed E-state index contributed by atoms with van der Waals surface area (Å²) < 4.78 is 13.7. The van der Waals surface area contributed by atoms with Crippen LogP contribution in [-0.4, -0.2) is 13.6 Å². The SMILES string of the molecule is Cc1cc(N(C)CC2CCCC2)c([C@H](C)N)cc1F. The standard InChI is InChI=1S/C16H25FN2/c1-11-8-16(14(12(2)18)9-15(11)17)19(3)10-13-6-4-5-7-13/h8-9,12-13H,4-7,10,18H2,1-3H3/t12-/m0/s1. The van der Waals surface area contributed by atoms with Crippen LogP contribution in [0.15, 0.2) is 12.1 Å². The van der Waals surface area contributed by atoms with Gasteiger partial charge in [0.15, 0.2) is 0 Å². The Hall–Kier alpha value is -1.09. The zero-order valence-electron chi connectivity index (χ0n) is 12.2. The molecule has 1 fully saturated rings. The van der Waals surface area contributed by atoms with Gasteiger partial charge in [0.05, 0.1) is 0 Å². The van der Waals surface area contributed by atoms with Gasteiger partial charge < -0.3 is 10.6 Å². The molecule has 2 rings (SSSR count). The first kappa shape index (κ1) is 14.3. The van der Waals surface area contributed by atoms with Gasteiger partial charge in [-0.3, -0.25) is 0 Å². The molecule has 1 aliphatic rings. The Bertz CT molecular complexity index is 437. The van der Waals surface area contributed by atoms with Crippen LogP contribution < -0.4 is 10.6 Å². The van der Waals surface area contributed by atoms with E-state index in [9.17, 15) is 4.39 Å². The molecule has 0 saturated heterocycles. The summed E-state index contributed by atoms with van der Waals surface area (Å²) in [5, 5.41) is 0. The van der Waals surface area contributed by atoms with E-state index in [1.54, 1.807) is 6.07 Å². The molecule has 0 aliphatic heterocycles. The molecule has 0 heterocycles. The fourth-order valence-electron chi connectivity index (χ4n) is 3.06. The Morgan fingerprint density at radius 2 is 2.00 bits per heavy atom. The Morgan fingerprint density at radius 3 is 2.58 bits per heavy atom. The molecule has 0 spiro atoms. The number of benzene rings is 1. The maximum atomic E-state index is 13.7. The van der Waals surface area contributed by atoms with Crippen LogP contribution in [0.25, 0.3) is 0 Å². The van der Waals surface area contributed by atoms with Gasteiger partial charge in [0.2, 0.25) is 0 Å². The van der Waals surface area contributed by atoms with E-state index in [4.69, 9.17) is 5.73 Å². The lowest BCUT2D eigenvalue weighted by Crippen LogP contribution is -2.26. The molecule has 1 aromatic carbocycles. The maximum Gasteiger partial charge on any atom is 0.126 e. The summed E-state index contributed by atoms with van der Waals surface area (Å²) in [6.45, 7) is 4.77. The van der Waals surface area contributed by atoms with Crippen LogP contribution in [0.4, 0.5) is 10.1 Å². The van der Waals surface area contributed by atoms with Crippen LogP contribution in [0.3, 0.4) is 0 Å². The van der Waals surface area contributed by atoms with Gasteiger partial charge in [0.25, 0.3) is 0 Å². The van der Waals surface area contributed by atoms with Crippen LogP contribution in [0.2, 0.25) is 0 Å². The second-order valence-electron chi connectivity index (χ2n) is 5.98. The minimum Gasteiger partial charge on any atom is -0.374 e. The molecule has 1 saturated carbocycles. The summed E-state index contributed by atoms with van der Waals surface area (Å²) in [5.74, 6) is 0.613. The van der Waals surface area contributed by atoms with Crippen molar-refractivity contribution in [3.05, 3.63) is 29.1 Å². The Labute approximate surface area is 115 Å². The van der Waals surface area contributed by atoms with Gasteiger partial charge in [-0.2, -0.15) is 0 Å². The minimum atomic E-state index is -0.162. The lowest BCUT2D eigenvalue weighted by atomic mass is 10.0. The molecule has 0 amide bonds. The van der Waals surface area contributed by atoms with Gasteiger partial charge in [-0.05, 0) is 55.9 Å². The van der Waals surface area contributed by atoms with Crippen molar-refractivity contribution in [1.82, 2.24) is 0 Å². The Balaban J connectivity index is 2.23. The van der Waals surface area contributed by atoms with E-state index in [0.717, 1.165) is 23.7 Å². The van der Waals surface area contributed by atoms with Crippen LogP contribution in [0, 0.1) is 18.7 Å². The van der Waals surface area contributed by atoms with Gasteiger partial charge in [0.1, 0.15) is 5.82 Å². The van der Waals surface area contributed by atoms with Crippen molar-refractivity contribution in [2.24, 2.45) is 11.7 Å². The summed E-state index contributed by atoms with van der Waals surface area (Å²) in [7, 11) is 2.09. The minimum absolute atomic E-state index is 0.142. The molecule has 0 bridgehead atoms. The molecule has 2 nitrogen and oxygen atoms in total. The zero-order valence-corrected chi connectivity index (χ0v) is 12.2. The average Bonchev–Trinajstić information content (AvgIpc) is 2.84. The van der Waals surface area contributed by atoms with Crippen molar-refractivity contribution in [1.29, 1.82) is 0 Å². The second-order valence-corrected chi connectivity index (χ2v) is 5.98. The number of anilines is 1. The smallest absolute Gasteiger partial charge is 0.126 e. The largest absolute Gasteiger partial charge is 0.374 e. The highest BCUT2D eigenvalue weighted by atomic mass is 19.1. The summed E-state index contributed by atoms with van der Waals surface area (Å²) in [4.78, 5) is 2.25. The lowest BCUT2D eigenvalue weighted by molar-refractivity contribution is 0.545. The van der Waals surface area contributed by atoms with E-state index in [1.807, 2.05) is 19.9 Å². The molecule has 1 atom stereocenters. The summed E-state index contributed by atoms with van der Waals surface area (Å²) in [6, 6.07) is 3.39. The molecular formula is C16H25FN2. The molecule has 0 unspecified atom stereocenters. The van der Waals surface area contributed by atoms with Crippen LogP contribution in [0.1, 0.15) is 49.8 Å². The molecule has 0 radical (unpaired) electrons. The normalized spacial score (nSPS) is 17.7. The molecule has 106 valence electrons. The number of hydrogen-bond acceptors (Lipinski definition) is 2. The molecule has 1 aromatic rings. The highest BCUT2D eigenvalue weighted by molar-refractivity contribution is 5.56. The van der Waals surface area contributed by atoms with Crippen LogP contribution in [-0.2, 0) is 0 Å². The molecule has 19 heavy (non-hydrogen) atoms. The number of nitrogens with two attached hydrogens (primary N) is 1. The maximum absolute atomic E-state index is 13.7. The van der Waals surface area contributed by atoms with Gasteiger partial charge >= 0.3 is 0 Å². The highest BCUT2D eigenvalue weighted by Gasteiger charge is 2.20. The molecular weight excluding hydrogens is 239 g/mol. The van der Waals surface area contributed by atoms with Gasteiger partial charge in [0, 0.05) is 25.3 Å². The third-order valence-corrected chi connectivity index (χ3v) is 4.22. The fraction of sp³-hybridized carbons (Fsp3) is 0.625. The molecule has 1 aliphatic carbocycles. The van der Waals surface area contributed by atoms with E-state index in [2.05, 4.69) is 11.9 Å². The monoisotopic (exact) mass is 264 g/mol. The number of hydrogen-bond donors (Lipinski definition) is 1. The second kappa shape index (κ2) is 5.91. The Kier molecular flexibility index (Phi) is 4.46. The van der Waals surface area contributed by atoms with Crippen molar-refractivity contribution < 1.29 is 4.39 Å². The first-order valence-corrected chi connectivity index (χ1v) is 7.25. The number of rotatable bonds is 4.